The Kier molecular flexibility index (Phi) is 7.70. The first-order valence-electron chi connectivity index (χ1n) is 13.4. The molecule has 5 aromatic rings. The van der Waals surface area contributed by atoms with Crippen LogP contribution in [-0.4, -0.2) is 27.5 Å². The Morgan fingerprint density at radius 2 is 1.49 bits per heavy atom. The van der Waals surface area contributed by atoms with Crippen LogP contribution in [0.15, 0.2) is 97.2 Å². The summed E-state index contributed by atoms with van der Waals surface area (Å²) in [6.07, 6.45) is 1.67. The minimum atomic E-state index is -1.03. The molecule has 0 saturated heterocycles. The van der Waals surface area contributed by atoms with E-state index in [2.05, 4.69) is 10.6 Å². The van der Waals surface area contributed by atoms with Crippen LogP contribution in [0.4, 0.5) is 16.2 Å². The molecule has 0 fully saturated rings. The van der Waals surface area contributed by atoms with Gasteiger partial charge >= 0.3 is 12.0 Å². The quantitative estimate of drug-likeness (QED) is 0.175. The maximum absolute atomic E-state index is 13.1. The third kappa shape index (κ3) is 6.04. The molecule has 0 aliphatic carbocycles. The second-order valence-electron chi connectivity index (χ2n) is 10.3. The molecular formula is C34H31N3O4. The van der Waals surface area contributed by atoms with Crippen LogP contribution >= 0.6 is 0 Å². The first kappa shape index (κ1) is 27.4. The van der Waals surface area contributed by atoms with Gasteiger partial charge in [0.15, 0.2) is 5.78 Å². The molecule has 0 aliphatic heterocycles. The molecule has 1 aromatic heterocycles. The van der Waals surface area contributed by atoms with E-state index in [9.17, 15) is 19.5 Å². The number of hydrogen-bond acceptors (Lipinski definition) is 3. The highest BCUT2D eigenvalue weighted by Crippen LogP contribution is 2.31. The summed E-state index contributed by atoms with van der Waals surface area (Å²) >= 11 is 0. The van der Waals surface area contributed by atoms with E-state index in [1.807, 2.05) is 104 Å². The number of fused-ring (bicyclic) bond motifs is 1. The standard InChI is InChI=1S/C34H31N3O4/c1-21-8-17-30(22(2)18-21)36-34(41)35-26-15-13-24(14-16-26)23-9-11-25(12-10-23)32(38)19-28(33(39)40)29-20-37(3)31-7-5-4-6-27(29)31/h4-18,20,28H,19H2,1-3H3,(H,39,40)(H2,35,36,41). The minimum Gasteiger partial charge on any atom is -0.481 e. The number of ketones is 1. The number of carboxylic acids is 1. The number of nitrogens with zero attached hydrogens (tertiary/aromatic N) is 1. The van der Waals surface area contributed by atoms with E-state index in [1.54, 1.807) is 18.3 Å². The summed E-state index contributed by atoms with van der Waals surface area (Å²) in [4.78, 5) is 37.8. The molecule has 1 atom stereocenters. The number of carboxylic acid groups (broad SMARTS) is 1. The molecular weight excluding hydrogens is 514 g/mol. The largest absolute Gasteiger partial charge is 0.481 e. The number of Topliss-reactive ketones (excluding diaryl/α,β-unsaturated/α-hetero) is 1. The van der Waals surface area contributed by atoms with Crippen molar-refractivity contribution in [1.29, 1.82) is 0 Å². The maximum Gasteiger partial charge on any atom is 0.323 e. The fraction of sp³-hybridized carbons (Fsp3) is 0.147. The van der Waals surface area contributed by atoms with E-state index < -0.39 is 11.9 Å². The third-order valence-corrected chi connectivity index (χ3v) is 7.30. The fourth-order valence-electron chi connectivity index (χ4n) is 5.12. The van der Waals surface area contributed by atoms with Crippen molar-refractivity contribution < 1.29 is 19.5 Å². The van der Waals surface area contributed by atoms with E-state index in [4.69, 9.17) is 0 Å². The summed E-state index contributed by atoms with van der Waals surface area (Å²) in [5, 5.41) is 16.5. The fourth-order valence-corrected chi connectivity index (χ4v) is 5.12. The number of aryl methyl sites for hydroxylation is 3. The number of urea groups is 1. The molecule has 0 radical (unpaired) electrons. The van der Waals surface area contributed by atoms with Crippen molar-refractivity contribution in [2.45, 2.75) is 26.2 Å². The van der Waals surface area contributed by atoms with Gasteiger partial charge in [0.05, 0.1) is 5.92 Å². The number of carbonyl (C=O) groups excluding carboxylic acids is 2. The van der Waals surface area contributed by atoms with Gasteiger partial charge in [0.1, 0.15) is 0 Å². The molecule has 0 saturated carbocycles. The minimum absolute atomic E-state index is 0.132. The van der Waals surface area contributed by atoms with Gasteiger partial charge in [-0.05, 0) is 60.4 Å². The van der Waals surface area contributed by atoms with Crippen molar-refractivity contribution in [2.24, 2.45) is 7.05 Å². The zero-order valence-electron chi connectivity index (χ0n) is 23.1. The summed E-state index contributed by atoms with van der Waals surface area (Å²) < 4.78 is 1.89. The van der Waals surface area contributed by atoms with Crippen LogP contribution in [0.2, 0.25) is 0 Å². The smallest absolute Gasteiger partial charge is 0.323 e. The van der Waals surface area contributed by atoms with Crippen LogP contribution in [0.5, 0.6) is 0 Å². The lowest BCUT2D eigenvalue weighted by atomic mass is 9.91. The predicted molar refractivity (Wildman–Crippen MR) is 163 cm³/mol. The van der Waals surface area contributed by atoms with Crippen LogP contribution in [-0.2, 0) is 11.8 Å². The van der Waals surface area contributed by atoms with Gasteiger partial charge in [-0.3, -0.25) is 9.59 Å². The van der Waals surface area contributed by atoms with Crippen LogP contribution in [0.3, 0.4) is 0 Å². The maximum atomic E-state index is 13.1. The van der Waals surface area contributed by atoms with Crippen LogP contribution < -0.4 is 10.6 Å². The molecule has 7 nitrogen and oxygen atoms in total. The number of carbonyl (C=O) groups is 3. The SMILES string of the molecule is Cc1ccc(NC(=O)Nc2ccc(-c3ccc(C(=O)CC(C(=O)O)c4cn(C)c5ccccc45)cc3)cc2)c(C)c1. The van der Waals surface area contributed by atoms with Crippen molar-refractivity contribution in [3.05, 3.63) is 119 Å². The molecule has 7 heteroatoms. The van der Waals surface area contributed by atoms with Crippen LogP contribution in [0.1, 0.15) is 39.4 Å². The summed E-state index contributed by atoms with van der Waals surface area (Å²) in [6.45, 7) is 3.96. The summed E-state index contributed by atoms with van der Waals surface area (Å²) in [7, 11) is 1.87. The van der Waals surface area contributed by atoms with Crippen molar-refractivity contribution in [3.8, 4) is 11.1 Å². The van der Waals surface area contributed by atoms with Crippen molar-refractivity contribution >= 4 is 40.1 Å². The normalized spacial score (nSPS) is 11.7. The van der Waals surface area contributed by atoms with Crippen LogP contribution in [0, 0.1) is 13.8 Å². The van der Waals surface area contributed by atoms with Gasteiger partial charge in [-0.1, -0.05) is 72.3 Å². The highest BCUT2D eigenvalue weighted by atomic mass is 16.4. The first-order chi connectivity index (χ1) is 19.7. The lowest BCUT2D eigenvalue weighted by Gasteiger charge is -2.12. The lowest BCUT2D eigenvalue weighted by Crippen LogP contribution is -2.19. The number of aromatic nitrogens is 1. The van der Waals surface area contributed by atoms with Gasteiger partial charge in [0, 0.05) is 47.5 Å². The molecule has 0 aliphatic rings. The molecule has 4 aromatic carbocycles. The predicted octanol–water partition coefficient (Wildman–Crippen LogP) is 7.55. The van der Waals surface area contributed by atoms with Gasteiger partial charge < -0.3 is 20.3 Å². The molecule has 3 N–H and O–H groups in total. The molecule has 5 rings (SSSR count). The van der Waals surface area contributed by atoms with Gasteiger partial charge in [-0.25, -0.2) is 4.79 Å². The molecule has 41 heavy (non-hydrogen) atoms. The van der Waals surface area contributed by atoms with Gasteiger partial charge in [-0.15, -0.1) is 0 Å². The third-order valence-electron chi connectivity index (χ3n) is 7.30. The van der Waals surface area contributed by atoms with Crippen molar-refractivity contribution in [1.82, 2.24) is 4.57 Å². The average Bonchev–Trinajstić information content (AvgIpc) is 3.29. The van der Waals surface area contributed by atoms with Gasteiger partial charge in [-0.2, -0.15) is 0 Å². The molecule has 0 bridgehead atoms. The van der Waals surface area contributed by atoms with E-state index in [-0.39, 0.29) is 18.2 Å². The molecule has 1 unspecified atom stereocenters. The number of nitrogens with one attached hydrogen (secondary N) is 2. The van der Waals surface area contributed by atoms with E-state index in [0.717, 1.165) is 38.8 Å². The second-order valence-corrected chi connectivity index (χ2v) is 10.3. The summed E-state index contributed by atoms with van der Waals surface area (Å²) in [6, 6.07) is 27.7. The highest BCUT2D eigenvalue weighted by molar-refractivity contribution is 6.01. The Hall–Kier alpha value is -5.17. The van der Waals surface area contributed by atoms with E-state index in [1.165, 1.54) is 0 Å². The number of hydrogen-bond donors (Lipinski definition) is 3. The number of aliphatic carboxylic acids is 1. The van der Waals surface area contributed by atoms with Crippen LogP contribution in [0.25, 0.3) is 22.0 Å². The molecule has 1 heterocycles. The zero-order valence-corrected chi connectivity index (χ0v) is 23.1. The summed E-state index contributed by atoms with van der Waals surface area (Å²) in [5.74, 6) is -2.20. The monoisotopic (exact) mass is 545 g/mol. The Morgan fingerprint density at radius 3 is 2.15 bits per heavy atom. The number of amides is 2. The average molecular weight is 546 g/mol. The molecule has 2 amide bonds. The Morgan fingerprint density at radius 1 is 0.829 bits per heavy atom. The van der Waals surface area contributed by atoms with Crippen molar-refractivity contribution in [2.75, 3.05) is 10.6 Å². The van der Waals surface area contributed by atoms with Crippen molar-refractivity contribution in [3.63, 3.8) is 0 Å². The highest BCUT2D eigenvalue weighted by Gasteiger charge is 2.27. The van der Waals surface area contributed by atoms with E-state index in [0.29, 0.717) is 16.8 Å². The number of rotatable bonds is 8. The molecule has 206 valence electrons. The summed E-state index contributed by atoms with van der Waals surface area (Å²) in [5.41, 5.74) is 7.37. The first-order valence-corrected chi connectivity index (χ1v) is 13.4. The second kappa shape index (κ2) is 11.5. The van der Waals surface area contributed by atoms with Gasteiger partial charge in [0.25, 0.3) is 0 Å². The Bertz CT molecular complexity index is 1750. The molecule has 0 spiro atoms. The van der Waals surface area contributed by atoms with Gasteiger partial charge in [0.2, 0.25) is 0 Å². The Balaban J connectivity index is 1.24. The Labute approximate surface area is 238 Å². The zero-order chi connectivity index (χ0) is 29.1. The lowest BCUT2D eigenvalue weighted by molar-refractivity contribution is -0.138. The number of anilines is 2. The van der Waals surface area contributed by atoms with E-state index >= 15 is 0 Å². The topological polar surface area (TPSA) is 100 Å². The number of benzene rings is 4. The number of para-hydroxylation sites is 1.